The molecule has 0 bridgehead atoms. The third-order valence-electron chi connectivity index (χ3n) is 8.54. The van der Waals surface area contributed by atoms with Crippen molar-refractivity contribution >= 4 is 21.7 Å². The summed E-state index contributed by atoms with van der Waals surface area (Å²) in [6.45, 7) is 0.709. The quantitative estimate of drug-likeness (QED) is 0.293. The smallest absolute Gasteiger partial charge is 0.381 e. The first-order valence-electron chi connectivity index (χ1n) is 13.4. The van der Waals surface area contributed by atoms with Crippen LogP contribution in [-0.2, 0) is 27.2 Å². The van der Waals surface area contributed by atoms with Crippen LogP contribution in [0.2, 0.25) is 0 Å². The Kier molecular flexibility index (Phi) is 6.88. The Balaban J connectivity index is 1.42. The van der Waals surface area contributed by atoms with Gasteiger partial charge < -0.3 is 4.74 Å². The van der Waals surface area contributed by atoms with E-state index < -0.39 is 49.1 Å². The second-order valence-electron chi connectivity index (χ2n) is 10.9. The molecule has 2 aromatic heterocycles. The maximum absolute atomic E-state index is 14.2. The van der Waals surface area contributed by atoms with Crippen molar-refractivity contribution in [2.75, 3.05) is 13.2 Å². The van der Waals surface area contributed by atoms with Crippen molar-refractivity contribution in [1.82, 2.24) is 14.8 Å². The molecule has 3 heterocycles. The van der Waals surface area contributed by atoms with Crippen LogP contribution in [0.15, 0.2) is 54.4 Å². The fourth-order valence-electron chi connectivity index (χ4n) is 6.35. The Bertz CT molecular complexity index is 1610. The number of halogens is 4. The number of nitrogens with zero attached hydrogens (tertiary/aromatic N) is 3. The Morgan fingerprint density at radius 1 is 1.00 bits per heavy atom. The van der Waals surface area contributed by atoms with E-state index >= 15 is 0 Å². The number of benzene rings is 1. The van der Waals surface area contributed by atoms with Gasteiger partial charge in [0.25, 0.3) is 0 Å². The first-order chi connectivity index (χ1) is 19.5. The van der Waals surface area contributed by atoms with Crippen LogP contribution in [0.3, 0.4) is 0 Å². The first kappa shape index (κ1) is 27.8. The number of ketones is 1. The van der Waals surface area contributed by atoms with Crippen LogP contribution in [0.4, 0.5) is 17.6 Å². The van der Waals surface area contributed by atoms with Gasteiger partial charge in [-0.05, 0) is 86.6 Å². The van der Waals surface area contributed by atoms with E-state index in [1.54, 1.807) is 23.0 Å². The summed E-state index contributed by atoms with van der Waals surface area (Å²) in [5, 5.41) is 3.10. The van der Waals surface area contributed by atoms with Gasteiger partial charge in [-0.25, -0.2) is 17.5 Å². The summed E-state index contributed by atoms with van der Waals surface area (Å²) in [6, 6.07) is 7.67. The van der Waals surface area contributed by atoms with E-state index in [2.05, 4.69) is 10.1 Å². The summed E-state index contributed by atoms with van der Waals surface area (Å²) in [5.41, 5.74) is 0.253. The van der Waals surface area contributed by atoms with Crippen LogP contribution < -0.4 is 0 Å². The number of alkyl halides is 3. The predicted molar refractivity (Wildman–Crippen MR) is 142 cm³/mol. The number of sulfone groups is 1. The number of carbonyl (C=O) groups is 1. The zero-order valence-electron chi connectivity index (χ0n) is 21.9. The fraction of sp³-hybridized carbons (Fsp3) is 0.414. The van der Waals surface area contributed by atoms with Gasteiger partial charge >= 0.3 is 6.18 Å². The minimum absolute atomic E-state index is 0.00122. The monoisotopic (exact) mass is 589 g/mol. The van der Waals surface area contributed by atoms with Gasteiger partial charge in [0.05, 0.1) is 39.1 Å². The number of pyridine rings is 1. The van der Waals surface area contributed by atoms with Crippen LogP contribution in [0.5, 0.6) is 0 Å². The minimum Gasteiger partial charge on any atom is -0.381 e. The molecule has 12 heteroatoms. The summed E-state index contributed by atoms with van der Waals surface area (Å²) in [4.78, 5) is 18.1. The number of allylic oxidation sites excluding steroid dienone is 1. The molecule has 3 aromatic rings. The van der Waals surface area contributed by atoms with Crippen LogP contribution in [0.25, 0.3) is 11.8 Å². The standard InChI is InChI=1S/C29H27F4N3O4S/c30-21-3-5-22(6-4-21)36-26-13-19-1-7-24(41(38,39)23-9-11-40-12-10-23)15-28(19,14-18(26)16-35-36)27(37)25-8-2-20(17-34-25)29(31,32)33/h2-6,8,13,16-17,23-24H,1,7,9-12,14-15H2/t24-,28-/m0/s1. The molecule has 0 N–H and O–H groups in total. The molecule has 7 nitrogen and oxygen atoms in total. The molecular formula is C29H27F4N3O4S. The molecule has 0 spiro atoms. The molecule has 2 aliphatic carbocycles. The number of Topliss-reactive ketones (excluding diaryl/α,β-unsaturated/α-hetero) is 1. The van der Waals surface area contributed by atoms with Crippen LogP contribution in [0.1, 0.15) is 59.4 Å². The van der Waals surface area contributed by atoms with Crippen LogP contribution in [-0.4, -0.2) is 52.7 Å². The summed E-state index contributed by atoms with van der Waals surface area (Å²) in [6.07, 6.45) is 0.973. The number of hydrogen-bond donors (Lipinski definition) is 0. The molecule has 2 atom stereocenters. The number of fused-ring (bicyclic) bond motifs is 2. The summed E-state index contributed by atoms with van der Waals surface area (Å²) in [7, 11) is -3.62. The number of ether oxygens (including phenoxy) is 1. The van der Waals surface area contributed by atoms with Crippen molar-refractivity contribution in [2.24, 2.45) is 5.41 Å². The normalized spacial score (nSPS) is 23.4. The predicted octanol–water partition coefficient (Wildman–Crippen LogP) is 5.38. The maximum atomic E-state index is 14.2. The van der Waals surface area contributed by atoms with Crippen molar-refractivity contribution in [2.45, 2.75) is 55.2 Å². The van der Waals surface area contributed by atoms with Gasteiger partial charge in [-0.3, -0.25) is 9.78 Å². The highest BCUT2D eigenvalue weighted by atomic mass is 32.2. The van der Waals surface area contributed by atoms with Gasteiger partial charge in [-0.15, -0.1) is 0 Å². The summed E-state index contributed by atoms with van der Waals surface area (Å²) < 4.78 is 87.6. The molecule has 1 saturated carbocycles. The third-order valence-corrected chi connectivity index (χ3v) is 11.3. The second-order valence-corrected chi connectivity index (χ2v) is 13.4. The molecule has 1 aliphatic heterocycles. The van der Waals surface area contributed by atoms with Crippen LogP contribution in [0, 0.1) is 11.2 Å². The molecule has 3 aliphatic rings. The van der Waals surface area contributed by atoms with E-state index in [1.165, 1.54) is 12.1 Å². The van der Waals surface area contributed by atoms with E-state index in [4.69, 9.17) is 4.74 Å². The molecule has 1 aromatic carbocycles. The molecule has 0 radical (unpaired) electrons. The average molecular weight is 590 g/mol. The highest BCUT2D eigenvalue weighted by Crippen LogP contribution is 2.52. The Morgan fingerprint density at radius 3 is 2.39 bits per heavy atom. The minimum atomic E-state index is -4.61. The first-order valence-corrected chi connectivity index (χ1v) is 15.0. The number of rotatable bonds is 5. The van der Waals surface area contributed by atoms with E-state index in [1.807, 2.05) is 6.08 Å². The molecule has 0 amide bonds. The van der Waals surface area contributed by atoms with Gasteiger partial charge in [0.15, 0.2) is 15.6 Å². The van der Waals surface area contributed by atoms with E-state index in [0.29, 0.717) is 67.6 Å². The third kappa shape index (κ3) is 4.90. The highest BCUT2D eigenvalue weighted by molar-refractivity contribution is 7.92. The second kappa shape index (κ2) is 10.2. The SMILES string of the molecule is O=C(c1ccc(C(F)(F)F)cn1)[C@]12Cc3cnn(-c4ccc(F)cc4)c3C=C1CC[C@H](S(=O)(=O)C1CCOCC1)C2. The number of aromatic nitrogens is 3. The lowest BCUT2D eigenvalue weighted by Crippen LogP contribution is -2.48. The van der Waals surface area contributed by atoms with Gasteiger partial charge in [-0.1, -0.05) is 5.57 Å². The fourth-order valence-corrected chi connectivity index (χ4v) is 8.71. The molecule has 216 valence electrons. The van der Waals surface area contributed by atoms with Crippen molar-refractivity contribution in [1.29, 1.82) is 0 Å². The van der Waals surface area contributed by atoms with Crippen LogP contribution >= 0.6 is 0 Å². The van der Waals surface area contributed by atoms with Crippen molar-refractivity contribution in [3.05, 3.63) is 82.7 Å². The van der Waals surface area contributed by atoms with Gasteiger partial charge in [0.2, 0.25) is 0 Å². The number of hydrogen-bond acceptors (Lipinski definition) is 6. The molecule has 6 rings (SSSR count). The largest absolute Gasteiger partial charge is 0.417 e. The van der Waals surface area contributed by atoms with Gasteiger partial charge in [0.1, 0.15) is 11.5 Å². The van der Waals surface area contributed by atoms with E-state index in [9.17, 15) is 30.8 Å². The molecule has 0 unspecified atom stereocenters. The lowest BCUT2D eigenvalue weighted by atomic mass is 9.61. The van der Waals surface area contributed by atoms with E-state index in [0.717, 1.165) is 12.1 Å². The Hall–Kier alpha value is -3.38. The number of carbonyl (C=O) groups excluding carboxylic acids is 1. The molecule has 41 heavy (non-hydrogen) atoms. The van der Waals surface area contributed by atoms with E-state index in [-0.39, 0.29) is 18.5 Å². The summed E-state index contributed by atoms with van der Waals surface area (Å²) in [5.74, 6) is -0.907. The lowest BCUT2D eigenvalue weighted by molar-refractivity contribution is -0.137. The topological polar surface area (TPSA) is 91.1 Å². The lowest BCUT2D eigenvalue weighted by Gasteiger charge is -2.44. The zero-order valence-corrected chi connectivity index (χ0v) is 22.7. The molecule has 2 fully saturated rings. The van der Waals surface area contributed by atoms with Gasteiger partial charge in [-0.2, -0.15) is 18.3 Å². The summed E-state index contributed by atoms with van der Waals surface area (Å²) >= 11 is 0. The van der Waals surface area contributed by atoms with Crippen molar-refractivity contribution in [3.63, 3.8) is 0 Å². The van der Waals surface area contributed by atoms with Crippen molar-refractivity contribution in [3.8, 4) is 5.69 Å². The Morgan fingerprint density at radius 2 is 1.73 bits per heavy atom. The molecule has 1 saturated heterocycles. The zero-order chi connectivity index (χ0) is 29.0. The van der Waals surface area contributed by atoms with Gasteiger partial charge in [0, 0.05) is 19.4 Å². The average Bonchev–Trinajstić information content (AvgIpc) is 3.38. The molecular weight excluding hydrogens is 562 g/mol. The van der Waals surface area contributed by atoms with Crippen molar-refractivity contribution < 1.29 is 35.5 Å². The highest BCUT2D eigenvalue weighted by Gasteiger charge is 2.53. The Labute approximate surface area is 234 Å². The maximum Gasteiger partial charge on any atom is 0.417 e.